The lowest BCUT2D eigenvalue weighted by Gasteiger charge is -2.21. The van der Waals surface area contributed by atoms with Gasteiger partial charge in [0, 0.05) is 30.9 Å². The van der Waals surface area contributed by atoms with E-state index in [4.69, 9.17) is 5.73 Å². The molecule has 1 saturated heterocycles. The average Bonchev–Trinajstić information content (AvgIpc) is 3.58. The number of benzene rings is 1. The van der Waals surface area contributed by atoms with Gasteiger partial charge in [-0.1, -0.05) is 13.0 Å². The topological polar surface area (TPSA) is 106 Å². The number of rotatable bonds is 5. The van der Waals surface area contributed by atoms with Gasteiger partial charge >= 0.3 is 6.18 Å². The fourth-order valence-electron chi connectivity index (χ4n) is 5.57. The molecule has 2 fully saturated rings. The van der Waals surface area contributed by atoms with E-state index in [0.717, 1.165) is 15.7 Å². The fraction of sp³-hybridized carbons (Fsp3) is 0.462. The van der Waals surface area contributed by atoms with Crippen LogP contribution in [0.3, 0.4) is 0 Å². The Hall–Kier alpha value is -3.91. The molecule has 1 aliphatic carbocycles. The highest BCUT2D eigenvalue weighted by atomic mass is 19.4. The summed E-state index contributed by atoms with van der Waals surface area (Å²) < 4.78 is 100. The number of alkyl halides is 6. The van der Waals surface area contributed by atoms with Crippen molar-refractivity contribution < 1.29 is 40.3 Å². The van der Waals surface area contributed by atoms with Gasteiger partial charge in [0.2, 0.25) is 11.8 Å². The average molecular weight is 587 g/mol. The standard InChI is InChI=1S/C26H25F7N6O2/c1-2-12-3-4-14(18-7-15(26(31,32)33)21-22(34)35-11-36-39(18)21)20(28)19(12)23(40)37-17-10-38(9-16(17)27)24(41)13-5-6-25(29,30)8-13/h3-4,7,11,13,16-17H,2,5-6,8-10H2,1H3,(H,37,40)(H2,34,35,36)/t13?,16-,17+/m0/s1. The Morgan fingerprint density at radius 1 is 1.22 bits per heavy atom. The van der Waals surface area contributed by atoms with Crippen molar-refractivity contribution in [1.29, 1.82) is 0 Å². The first-order chi connectivity index (χ1) is 19.2. The molecule has 41 heavy (non-hydrogen) atoms. The van der Waals surface area contributed by atoms with Gasteiger partial charge in [0.15, 0.2) is 5.82 Å². The van der Waals surface area contributed by atoms with Crippen molar-refractivity contribution in [2.45, 2.75) is 56.9 Å². The minimum atomic E-state index is -4.88. The highest BCUT2D eigenvalue weighted by Gasteiger charge is 2.46. The maximum atomic E-state index is 16.0. The number of nitrogens with one attached hydrogen (secondary N) is 1. The van der Waals surface area contributed by atoms with Gasteiger partial charge in [0.05, 0.1) is 29.4 Å². The largest absolute Gasteiger partial charge is 0.418 e. The van der Waals surface area contributed by atoms with Crippen LogP contribution < -0.4 is 11.1 Å². The molecule has 2 aromatic heterocycles. The van der Waals surface area contributed by atoms with Gasteiger partial charge in [-0.3, -0.25) is 9.59 Å². The molecule has 15 heteroatoms. The molecule has 0 radical (unpaired) electrons. The number of fused-ring (bicyclic) bond motifs is 1. The Morgan fingerprint density at radius 2 is 1.95 bits per heavy atom. The maximum Gasteiger partial charge on any atom is 0.418 e. The van der Waals surface area contributed by atoms with Gasteiger partial charge in [0.25, 0.3) is 5.91 Å². The van der Waals surface area contributed by atoms with Crippen molar-refractivity contribution in [3.63, 3.8) is 0 Å². The van der Waals surface area contributed by atoms with Crippen LogP contribution in [0.15, 0.2) is 24.5 Å². The van der Waals surface area contributed by atoms with E-state index >= 15 is 4.39 Å². The summed E-state index contributed by atoms with van der Waals surface area (Å²) in [5, 5.41) is 6.17. The molecule has 2 amide bonds. The molecule has 3 heterocycles. The molecule has 8 nitrogen and oxygen atoms in total. The summed E-state index contributed by atoms with van der Waals surface area (Å²) >= 11 is 0. The number of carbonyl (C=O) groups is 2. The molecule has 5 rings (SSSR count). The zero-order chi connectivity index (χ0) is 29.9. The molecule has 220 valence electrons. The van der Waals surface area contributed by atoms with Crippen LogP contribution in [0.5, 0.6) is 0 Å². The summed E-state index contributed by atoms with van der Waals surface area (Å²) in [6.07, 6.45) is -6.67. The van der Waals surface area contributed by atoms with Gasteiger partial charge < -0.3 is 16.0 Å². The third-order valence-corrected chi connectivity index (χ3v) is 7.63. The van der Waals surface area contributed by atoms with E-state index in [1.54, 1.807) is 6.92 Å². The molecule has 1 unspecified atom stereocenters. The number of likely N-dealkylation sites (tertiary alicyclic amines) is 1. The number of nitrogen functional groups attached to an aromatic ring is 1. The Labute approximate surface area is 228 Å². The highest BCUT2D eigenvalue weighted by Crippen LogP contribution is 2.41. The van der Waals surface area contributed by atoms with Gasteiger partial charge in [-0.2, -0.15) is 18.3 Å². The van der Waals surface area contributed by atoms with Gasteiger partial charge in [0.1, 0.15) is 23.8 Å². The van der Waals surface area contributed by atoms with E-state index in [2.05, 4.69) is 15.4 Å². The van der Waals surface area contributed by atoms with E-state index in [9.17, 15) is 35.9 Å². The molecule has 0 spiro atoms. The Morgan fingerprint density at radius 3 is 2.59 bits per heavy atom. The van der Waals surface area contributed by atoms with Crippen LogP contribution in [0.25, 0.3) is 16.8 Å². The number of aromatic nitrogens is 3. The van der Waals surface area contributed by atoms with Crippen LogP contribution in [-0.2, 0) is 17.4 Å². The summed E-state index contributed by atoms with van der Waals surface area (Å²) in [6.45, 7) is 0.899. The zero-order valence-electron chi connectivity index (χ0n) is 21.6. The molecule has 3 N–H and O–H groups in total. The number of carbonyl (C=O) groups excluding carboxylic acids is 2. The lowest BCUT2D eigenvalue weighted by molar-refractivity contribution is -0.136. The number of aryl methyl sites for hydroxylation is 1. The number of halogens is 7. The highest BCUT2D eigenvalue weighted by molar-refractivity contribution is 5.98. The SMILES string of the molecule is CCc1ccc(-c2cc(C(F)(F)F)c3c(N)ncnn23)c(F)c1C(=O)N[C@@H]1CN(C(=O)C2CCC(F)(F)C2)C[C@@H]1F. The second-order valence-electron chi connectivity index (χ2n) is 10.3. The van der Waals surface area contributed by atoms with E-state index < -0.39 is 95.3 Å². The van der Waals surface area contributed by atoms with E-state index in [1.807, 2.05) is 0 Å². The van der Waals surface area contributed by atoms with E-state index in [-0.39, 0.29) is 30.6 Å². The first-order valence-electron chi connectivity index (χ1n) is 12.8. The summed E-state index contributed by atoms with van der Waals surface area (Å²) in [5.74, 6) is -7.25. The number of anilines is 1. The van der Waals surface area contributed by atoms with Crippen molar-refractivity contribution in [3.8, 4) is 11.3 Å². The molecule has 0 bridgehead atoms. The third-order valence-electron chi connectivity index (χ3n) is 7.63. The van der Waals surface area contributed by atoms with Crippen molar-refractivity contribution in [2.75, 3.05) is 18.8 Å². The molecule has 3 aromatic rings. The monoisotopic (exact) mass is 586 g/mol. The molecule has 2 aliphatic rings. The summed E-state index contributed by atoms with van der Waals surface area (Å²) in [5.41, 5.74) is 2.83. The first-order valence-corrected chi connectivity index (χ1v) is 12.8. The minimum absolute atomic E-state index is 0.0325. The molecular formula is C26H25F7N6O2. The number of nitrogens with zero attached hydrogens (tertiary/aromatic N) is 4. The van der Waals surface area contributed by atoms with Crippen molar-refractivity contribution in [1.82, 2.24) is 24.8 Å². The number of hydrogen-bond donors (Lipinski definition) is 2. The second-order valence-corrected chi connectivity index (χ2v) is 10.3. The number of hydrogen-bond acceptors (Lipinski definition) is 5. The summed E-state index contributed by atoms with van der Waals surface area (Å²) in [7, 11) is 0. The molecule has 1 aromatic carbocycles. The Kier molecular flexibility index (Phi) is 7.10. The van der Waals surface area contributed by atoms with E-state index in [1.165, 1.54) is 12.1 Å². The predicted molar refractivity (Wildman–Crippen MR) is 132 cm³/mol. The van der Waals surface area contributed by atoms with Crippen LogP contribution >= 0.6 is 0 Å². The van der Waals surface area contributed by atoms with Gasteiger partial charge in [-0.25, -0.2) is 27.1 Å². The minimum Gasteiger partial charge on any atom is -0.382 e. The first kappa shape index (κ1) is 28.6. The molecule has 3 atom stereocenters. The predicted octanol–water partition coefficient (Wildman–Crippen LogP) is 4.41. The van der Waals surface area contributed by atoms with Crippen molar-refractivity contribution in [3.05, 3.63) is 47.0 Å². The van der Waals surface area contributed by atoms with E-state index in [0.29, 0.717) is 6.07 Å². The van der Waals surface area contributed by atoms with Crippen LogP contribution in [0.1, 0.15) is 47.7 Å². The van der Waals surface area contributed by atoms with Crippen molar-refractivity contribution in [2.24, 2.45) is 5.92 Å². The lowest BCUT2D eigenvalue weighted by Crippen LogP contribution is -2.43. The maximum absolute atomic E-state index is 16.0. The quantitative estimate of drug-likeness (QED) is 0.431. The summed E-state index contributed by atoms with van der Waals surface area (Å²) in [4.78, 5) is 30.6. The normalized spacial score (nSPS) is 22.4. The van der Waals surface area contributed by atoms with Crippen LogP contribution in [0, 0.1) is 11.7 Å². The Bertz CT molecular complexity index is 1520. The molecule has 1 aliphatic heterocycles. The third kappa shape index (κ3) is 5.17. The van der Waals surface area contributed by atoms with Gasteiger partial charge in [-0.15, -0.1) is 0 Å². The fourth-order valence-corrected chi connectivity index (χ4v) is 5.57. The molecular weight excluding hydrogens is 561 g/mol. The van der Waals surface area contributed by atoms with Gasteiger partial charge in [-0.05, 0) is 30.5 Å². The number of nitrogens with two attached hydrogens (primary N) is 1. The lowest BCUT2D eigenvalue weighted by atomic mass is 9.98. The summed E-state index contributed by atoms with van der Waals surface area (Å²) in [6, 6.07) is 1.97. The molecule has 1 saturated carbocycles. The van der Waals surface area contributed by atoms with Crippen molar-refractivity contribution >= 4 is 23.1 Å². The smallest absolute Gasteiger partial charge is 0.382 e. The number of amides is 2. The Balaban J connectivity index is 1.45. The van der Waals surface area contributed by atoms with Crippen LogP contribution in [0.2, 0.25) is 0 Å². The zero-order valence-corrected chi connectivity index (χ0v) is 21.6. The van der Waals surface area contributed by atoms with Crippen LogP contribution in [0.4, 0.5) is 36.6 Å². The van der Waals surface area contributed by atoms with Crippen LogP contribution in [-0.4, -0.2) is 62.5 Å². The second kappa shape index (κ2) is 10.2.